The van der Waals surface area contributed by atoms with E-state index < -0.39 is 11.0 Å². The lowest BCUT2D eigenvalue weighted by Crippen LogP contribution is -2.50. The van der Waals surface area contributed by atoms with Crippen molar-refractivity contribution in [1.82, 2.24) is 10.2 Å². The minimum Gasteiger partial charge on any atom is -0.354 e. The molecule has 0 bridgehead atoms. The maximum absolute atomic E-state index is 13.3. The molecule has 184 valence electrons. The minimum absolute atomic E-state index is 0.0239. The molecule has 34 heavy (non-hydrogen) atoms. The number of nitro groups is 1. The van der Waals surface area contributed by atoms with Crippen LogP contribution in [-0.4, -0.2) is 40.0 Å². The molecule has 0 fully saturated rings. The summed E-state index contributed by atoms with van der Waals surface area (Å²) in [7, 11) is 0. The van der Waals surface area contributed by atoms with Crippen molar-refractivity contribution in [2.45, 2.75) is 45.5 Å². The van der Waals surface area contributed by atoms with Gasteiger partial charge in [0.1, 0.15) is 6.04 Å². The summed E-state index contributed by atoms with van der Waals surface area (Å²) >= 11 is 13.6. The number of nitrogens with one attached hydrogen (secondary N) is 1. The van der Waals surface area contributed by atoms with Crippen molar-refractivity contribution in [1.29, 1.82) is 0 Å². The molecule has 0 aliphatic heterocycles. The number of carbonyl (C=O) groups excluding carboxylic acids is 2. The summed E-state index contributed by atoms with van der Waals surface area (Å²) in [6, 6.07) is 10.8. The van der Waals surface area contributed by atoms with E-state index in [0.29, 0.717) is 28.8 Å². The zero-order valence-corrected chi connectivity index (χ0v) is 21.8. The molecule has 0 heterocycles. The topological polar surface area (TPSA) is 92.6 Å². The standard InChI is InChI=1S/C24H29Cl2N3O4S/c1-4-22(24(31)27-12-16(2)3)28(13-18-7-10-20(25)21(26)11-18)23(30)15-34-14-17-5-8-19(9-6-17)29(32)33/h5-11,16,22H,4,12-15H2,1-3H3,(H,27,31)/t22-/m0/s1. The summed E-state index contributed by atoms with van der Waals surface area (Å²) < 4.78 is 0. The summed E-state index contributed by atoms with van der Waals surface area (Å²) in [4.78, 5) is 38.1. The number of rotatable bonds is 12. The molecule has 0 aliphatic rings. The van der Waals surface area contributed by atoms with Crippen LogP contribution >= 0.6 is 35.0 Å². The van der Waals surface area contributed by atoms with E-state index in [-0.39, 0.29) is 35.7 Å². The lowest BCUT2D eigenvalue weighted by Gasteiger charge is -2.31. The van der Waals surface area contributed by atoms with E-state index in [0.717, 1.165) is 11.1 Å². The van der Waals surface area contributed by atoms with Gasteiger partial charge < -0.3 is 10.2 Å². The number of hydrogen-bond donors (Lipinski definition) is 1. The molecule has 1 atom stereocenters. The van der Waals surface area contributed by atoms with Crippen molar-refractivity contribution < 1.29 is 14.5 Å². The maximum Gasteiger partial charge on any atom is 0.269 e. The van der Waals surface area contributed by atoms with Crippen LogP contribution in [0.15, 0.2) is 42.5 Å². The fourth-order valence-corrected chi connectivity index (χ4v) is 4.42. The van der Waals surface area contributed by atoms with Crippen molar-refractivity contribution in [2.75, 3.05) is 12.3 Å². The Labute approximate surface area is 214 Å². The smallest absolute Gasteiger partial charge is 0.269 e. The number of benzene rings is 2. The molecule has 0 aromatic heterocycles. The zero-order chi connectivity index (χ0) is 25.3. The van der Waals surface area contributed by atoms with E-state index in [4.69, 9.17) is 23.2 Å². The molecule has 0 saturated carbocycles. The van der Waals surface area contributed by atoms with Gasteiger partial charge in [-0.25, -0.2) is 0 Å². The SMILES string of the molecule is CC[C@@H](C(=O)NCC(C)C)N(Cc1ccc(Cl)c(Cl)c1)C(=O)CSCc1ccc([N+](=O)[O-])cc1. The van der Waals surface area contributed by atoms with Gasteiger partial charge >= 0.3 is 0 Å². The van der Waals surface area contributed by atoms with Crippen molar-refractivity contribution in [2.24, 2.45) is 5.92 Å². The number of nitro benzene ring substituents is 1. The van der Waals surface area contributed by atoms with Crippen LogP contribution in [0.2, 0.25) is 10.0 Å². The van der Waals surface area contributed by atoms with Crippen LogP contribution in [0.1, 0.15) is 38.3 Å². The molecule has 0 aliphatic carbocycles. The van der Waals surface area contributed by atoms with Crippen molar-refractivity contribution in [3.63, 3.8) is 0 Å². The Morgan fingerprint density at radius 1 is 1.09 bits per heavy atom. The maximum atomic E-state index is 13.3. The Kier molecular flexibility index (Phi) is 11.1. The number of carbonyl (C=O) groups is 2. The van der Waals surface area contributed by atoms with E-state index >= 15 is 0 Å². The number of halogens is 2. The first kappa shape index (κ1) is 28.0. The largest absolute Gasteiger partial charge is 0.354 e. The Balaban J connectivity index is 2.13. The second kappa shape index (κ2) is 13.6. The van der Waals surface area contributed by atoms with Crippen LogP contribution in [-0.2, 0) is 21.9 Å². The van der Waals surface area contributed by atoms with E-state index in [2.05, 4.69) is 5.32 Å². The normalized spacial score (nSPS) is 11.8. The molecule has 2 rings (SSSR count). The molecule has 7 nitrogen and oxygen atoms in total. The lowest BCUT2D eigenvalue weighted by molar-refractivity contribution is -0.384. The minimum atomic E-state index is -0.624. The summed E-state index contributed by atoms with van der Waals surface area (Å²) in [6.07, 6.45) is 0.462. The van der Waals surface area contributed by atoms with Crippen LogP contribution in [0.4, 0.5) is 5.69 Å². The second-order valence-corrected chi connectivity index (χ2v) is 10.0. The van der Waals surface area contributed by atoms with Crippen molar-refractivity contribution >= 4 is 52.5 Å². The fourth-order valence-electron chi connectivity index (χ4n) is 3.23. The second-order valence-electron chi connectivity index (χ2n) is 8.25. The fraction of sp³-hybridized carbons (Fsp3) is 0.417. The number of amides is 2. The highest BCUT2D eigenvalue weighted by atomic mass is 35.5. The number of thioether (sulfide) groups is 1. The molecule has 0 unspecified atom stereocenters. The van der Waals surface area contributed by atoms with Crippen LogP contribution in [0.3, 0.4) is 0 Å². The highest BCUT2D eigenvalue weighted by Gasteiger charge is 2.28. The van der Waals surface area contributed by atoms with Crippen LogP contribution in [0.25, 0.3) is 0 Å². The van der Waals surface area contributed by atoms with Crippen LogP contribution < -0.4 is 5.32 Å². The Hall–Kier alpha value is -2.29. The van der Waals surface area contributed by atoms with Crippen LogP contribution in [0, 0.1) is 16.0 Å². The quantitative estimate of drug-likeness (QED) is 0.282. The van der Waals surface area contributed by atoms with Crippen LogP contribution in [0.5, 0.6) is 0 Å². The van der Waals surface area contributed by atoms with E-state index in [1.165, 1.54) is 23.9 Å². The molecule has 0 saturated heterocycles. The third-order valence-electron chi connectivity index (χ3n) is 5.05. The number of nitrogens with zero attached hydrogens (tertiary/aromatic N) is 2. The first-order chi connectivity index (χ1) is 16.1. The molecule has 2 amide bonds. The van der Waals surface area contributed by atoms with Gasteiger partial charge in [0, 0.05) is 31.0 Å². The third-order valence-corrected chi connectivity index (χ3v) is 6.78. The Bertz CT molecular complexity index is 1000. The molecule has 10 heteroatoms. The molecule has 2 aromatic carbocycles. The van der Waals surface area contributed by atoms with E-state index in [9.17, 15) is 19.7 Å². The number of non-ortho nitro benzene ring substituents is 1. The van der Waals surface area contributed by atoms with Crippen molar-refractivity contribution in [3.05, 3.63) is 73.8 Å². The summed E-state index contributed by atoms with van der Waals surface area (Å²) in [5.41, 5.74) is 1.68. The van der Waals surface area contributed by atoms with Gasteiger partial charge in [-0.15, -0.1) is 11.8 Å². The summed E-state index contributed by atoms with van der Waals surface area (Å²) in [6.45, 7) is 6.64. The lowest BCUT2D eigenvalue weighted by atomic mass is 10.1. The third kappa shape index (κ3) is 8.49. The van der Waals surface area contributed by atoms with Gasteiger partial charge in [-0.05, 0) is 35.6 Å². The molecular weight excluding hydrogens is 497 g/mol. The molecule has 1 N–H and O–H groups in total. The van der Waals surface area contributed by atoms with Gasteiger partial charge in [-0.1, -0.05) is 62.2 Å². The number of hydrogen-bond acceptors (Lipinski definition) is 5. The van der Waals surface area contributed by atoms with Gasteiger partial charge in [0.15, 0.2) is 0 Å². The highest BCUT2D eigenvalue weighted by Crippen LogP contribution is 2.25. The molecule has 2 aromatic rings. The Morgan fingerprint density at radius 2 is 1.74 bits per heavy atom. The molecule has 0 radical (unpaired) electrons. The Morgan fingerprint density at radius 3 is 2.29 bits per heavy atom. The predicted molar refractivity (Wildman–Crippen MR) is 138 cm³/mol. The first-order valence-corrected chi connectivity index (χ1v) is 12.9. The van der Waals surface area contributed by atoms with Gasteiger partial charge in [0.2, 0.25) is 11.8 Å². The van der Waals surface area contributed by atoms with Gasteiger partial charge in [-0.3, -0.25) is 19.7 Å². The van der Waals surface area contributed by atoms with Crippen molar-refractivity contribution in [3.8, 4) is 0 Å². The van der Waals surface area contributed by atoms with E-state index in [1.807, 2.05) is 20.8 Å². The van der Waals surface area contributed by atoms with Gasteiger partial charge in [0.05, 0.1) is 20.7 Å². The average molecular weight is 526 g/mol. The summed E-state index contributed by atoms with van der Waals surface area (Å²) in [5, 5.41) is 14.5. The molecule has 0 spiro atoms. The van der Waals surface area contributed by atoms with Gasteiger partial charge in [-0.2, -0.15) is 0 Å². The van der Waals surface area contributed by atoms with Gasteiger partial charge in [0.25, 0.3) is 5.69 Å². The molecular formula is C24H29Cl2N3O4S. The zero-order valence-electron chi connectivity index (χ0n) is 19.4. The monoisotopic (exact) mass is 525 g/mol. The predicted octanol–water partition coefficient (Wildman–Crippen LogP) is 5.71. The highest BCUT2D eigenvalue weighted by molar-refractivity contribution is 7.99. The summed E-state index contributed by atoms with van der Waals surface area (Å²) in [5.74, 6) is 0.597. The first-order valence-electron chi connectivity index (χ1n) is 10.9. The van der Waals surface area contributed by atoms with E-state index in [1.54, 1.807) is 35.2 Å². The average Bonchev–Trinajstić information content (AvgIpc) is 2.80.